The number of thioether (sulfide) groups is 1. The zero-order valence-corrected chi connectivity index (χ0v) is 11.7. The van der Waals surface area contributed by atoms with Gasteiger partial charge in [-0.1, -0.05) is 23.7 Å². The minimum Gasteiger partial charge on any atom is -0.497 e. The van der Waals surface area contributed by atoms with E-state index in [1.807, 2.05) is 24.3 Å². The van der Waals surface area contributed by atoms with Crippen LogP contribution in [0, 0.1) is 11.6 Å². The van der Waals surface area contributed by atoms with Gasteiger partial charge in [-0.15, -0.1) is 11.8 Å². The monoisotopic (exact) mass is 300 g/mol. The van der Waals surface area contributed by atoms with Crippen LogP contribution in [0.2, 0.25) is 5.02 Å². The molecular formula is C14H11ClF2OS. The second-order valence-electron chi connectivity index (χ2n) is 3.81. The molecule has 0 atom stereocenters. The maximum atomic E-state index is 13.7. The zero-order valence-electron chi connectivity index (χ0n) is 10.1. The number of rotatable bonds is 4. The molecule has 0 saturated carbocycles. The van der Waals surface area contributed by atoms with E-state index in [0.29, 0.717) is 10.6 Å². The van der Waals surface area contributed by atoms with Crippen LogP contribution < -0.4 is 4.74 Å². The Bertz CT molecular complexity index is 572. The summed E-state index contributed by atoms with van der Waals surface area (Å²) >= 11 is 6.79. The van der Waals surface area contributed by atoms with E-state index in [9.17, 15) is 8.78 Å². The molecule has 2 aromatic carbocycles. The standard InChI is InChI=1S/C14H11ClF2OS/c1-18-10-4-2-9(3-5-10)8-19-12-7-6-11(16)13(15)14(12)17/h2-7H,8H2,1H3. The van der Waals surface area contributed by atoms with Gasteiger partial charge in [-0.25, -0.2) is 8.78 Å². The summed E-state index contributed by atoms with van der Waals surface area (Å²) in [6, 6.07) is 10.0. The molecule has 0 amide bonds. The van der Waals surface area contributed by atoms with Gasteiger partial charge in [-0.2, -0.15) is 0 Å². The quantitative estimate of drug-likeness (QED) is 0.585. The Hall–Kier alpha value is -1.26. The van der Waals surface area contributed by atoms with Gasteiger partial charge in [0.1, 0.15) is 16.6 Å². The van der Waals surface area contributed by atoms with E-state index in [0.717, 1.165) is 11.3 Å². The first-order valence-electron chi connectivity index (χ1n) is 5.51. The first-order valence-corrected chi connectivity index (χ1v) is 6.87. The lowest BCUT2D eigenvalue weighted by molar-refractivity contribution is 0.414. The first kappa shape index (κ1) is 14.2. The topological polar surface area (TPSA) is 9.23 Å². The molecule has 1 nitrogen and oxygen atoms in total. The summed E-state index contributed by atoms with van der Waals surface area (Å²) in [6.07, 6.45) is 0. The molecule has 0 aliphatic heterocycles. The molecule has 0 aliphatic carbocycles. The van der Waals surface area contributed by atoms with Crippen molar-refractivity contribution in [3.63, 3.8) is 0 Å². The van der Waals surface area contributed by atoms with Crippen molar-refractivity contribution in [3.05, 3.63) is 58.6 Å². The predicted molar refractivity (Wildman–Crippen MR) is 73.9 cm³/mol. The van der Waals surface area contributed by atoms with E-state index in [-0.39, 0.29) is 0 Å². The molecule has 2 rings (SSSR count). The maximum Gasteiger partial charge on any atom is 0.158 e. The minimum absolute atomic E-state index is 0.335. The minimum atomic E-state index is -0.743. The molecular weight excluding hydrogens is 290 g/mol. The van der Waals surface area contributed by atoms with Crippen LogP contribution in [-0.4, -0.2) is 7.11 Å². The van der Waals surface area contributed by atoms with Crippen molar-refractivity contribution in [2.24, 2.45) is 0 Å². The fraction of sp³-hybridized carbons (Fsp3) is 0.143. The van der Waals surface area contributed by atoms with Crippen molar-refractivity contribution in [1.82, 2.24) is 0 Å². The number of hydrogen-bond donors (Lipinski definition) is 0. The second-order valence-corrected chi connectivity index (χ2v) is 5.21. The third-order valence-corrected chi connectivity index (χ3v) is 4.00. The average molecular weight is 301 g/mol. The van der Waals surface area contributed by atoms with Crippen LogP contribution >= 0.6 is 23.4 Å². The molecule has 0 aromatic heterocycles. The fourth-order valence-corrected chi connectivity index (χ4v) is 2.63. The lowest BCUT2D eigenvalue weighted by Gasteiger charge is -2.06. The normalized spacial score (nSPS) is 10.5. The zero-order chi connectivity index (χ0) is 13.8. The maximum absolute atomic E-state index is 13.7. The van der Waals surface area contributed by atoms with Crippen molar-refractivity contribution in [3.8, 4) is 5.75 Å². The van der Waals surface area contributed by atoms with Gasteiger partial charge in [0.05, 0.1) is 7.11 Å². The summed E-state index contributed by atoms with van der Waals surface area (Å²) < 4.78 is 31.7. The molecule has 0 aliphatic rings. The summed E-state index contributed by atoms with van der Waals surface area (Å²) in [4.78, 5) is 0.335. The summed E-state index contributed by atoms with van der Waals surface area (Å²) in [5.41, 5.74) is 1.02. The van der Waals surface area contributed by atoms with Gasteiger partial charge >= 0.3 is 0 Å². The molecule has 0 unspecified atom stereocenters. The van der Waals surface area contributed by atoms with Crippen LogP contribution in [0.25, 0.3) is 0 Å². The smallest absolute Gasteiger partial charge is 0.158 e. The van der Waals surface area contributed by atoms with Gasteiger partial charge < -0.3 is 4.74 Å². The van der Waals surface area contributed by atoms with Crippen LogP contribution in [0.5, 0.6) is 5.75 Å². The number of ether oxygens (including phenoxy) is 1. The average Bonchev–Trinajstić information content (AvgIpc) is 2.45. The van der Waals surface area contributed by atoms with Gasteiger partial charge in [0.2, 0.25) is 0 Å². The fourth-order valence-electron chi connectivity index (χ4n) is 1.50. The lowest BCUT2D eigenvalue weighted by atomic mass is 10.2. The number of benzene rings is 2. The number of methoxy groups -OCH3 is 1. The Morgan fingerprint density at radius 3 is 2.42 bits per heavy atom. The van der Waals surface area contributed by atoms with Crippen LogP contribution in [0.3, 0.4) is 0 Å². The van der Waals surface area contributed by atoms with E-state index >= 15 is 0 Å². The Morgan fingerprint density at radius 2 is 1.79 bits per heavy atom. The van der Waals surface area contributed by atoms with Crippen molar-refractivity contribution >= 4 is 23.4 Å². The van der Waals surface area contributed by atoms with Crippen molar-refractivity contribution < 1.29 is 13.5 Å². The molecule has 5 heteroatoms. The van der Waals surface area contributed by atoms with E-state index < -0.39 is 16.7 Å². The molecule has 100 valence electrons. The van der Waals surface area contributed by atoms with Gasteiger partial charge in [-0.05, 0) is 29.8 Å². The Kier molecular flexibility index (Phi) is 4.66. The van der Waals surface area contributed by atoms with E-state index in [2.05, 4.69) is 0 Å². The predicted octanol–water partition coefficient (Wildman–Crippen LogP) is 4.92. The van der Waals surface area contributed by atoms with Gasteiger partial charge in [0.25, 0.3) is 0 Å². The third kappa shape index (κ3) is 3.39. The van der Waals surface area contributed by atoms with Crippen LogP contribution in [0.4, 0.5) is 8.78 Å². The summed E-state index contributed by atoms with van der Waals surface area (Å²) in [7, 11) is 1.60. The molecule has 0 bridgehead atoms. The van der Waals surface area contributed by atoms with Crippen LogP contribution in [0.15, 0.2) is 41.3 Å². The van der Waals surface area contributed by atoms with Crippen molar-refractivity contribution in [2.75, 3.05) is 7.11 Å². The van der Waals surface area contributed by atoms with E-state index in [1.165, 1.54) is 23.9 Å². The molecule has 0 spiro atoms. The Balaban J connectivity index is 2.08. The largest absolute Gasteiger partial charge is 0.497 e. The van der Waals surface area contributed by atoms with Gasteiger partial charge in [-0.3, -0.25) is 0 Å². The molecule has 19 heavy (non-hydrogen) atoms. The van der Waals surface area contributed by atoms with Crippen LogP contribution in [-0.2, 0) is 5.75 Å². The van der Waals surface area contributed by atoms with Crippen LogP contribution in [0.1, 0.15) is 5.56 Å². The number of halogens is 3. The second kappa shape index (κ2) is 6.26. The molecule has 2 aromatic rings. The highest BCUT2D eigenvalue weighted by atomic mass is 35.5. The van der Waals surface area contributed by atoms with E-state index in [4.69, 9.17) is 16.3 Å². The van der Waals surface area contributed by atoms with E-state index in [1.54, 1.807) is 7.11 Å². The molecule has 0 radical (unpaired) electrons. The summed E-state index contributed by atoms with van der Waals surface area (Å²) in [5.74, 6) is -0.110. The lowest BCUT2D eigenvalue weighted by Crippen LogP contribution is -1.89. The molecule has 0 saturated heterocycles. The van der Waals surface area contributed by atoms with Gasteiger partial charge in [0.15, 0.2) is 5.82 Å². The summed E-state index contributed by atoms with van der Waals surface area (Å²) in [6.45, 7) is 0. The SMILES string of the molecule is COc1ccc(CSc2ccc(F)c(Cl)c2F)cc1. The van der Waals surface area contributed by atoms with Crippen molar-refractivity contribution in [1.29, 1.82) is 0 Å². The third-order valence-electron chi connectivity index (χ3n) is 2.55. The highest BCUT2D eigenvalue weighted by Gasteiger charge is 2.11. The van der Waals surface area contributed by atoms with Crippen molar-refractivity contribution in [2.45, 2.75) is 10.6 Å². The summed E-state index contributed by atoms with van der Waals surface area (Å²) in [5, 5.41) is -0.459. The first-order chi connectivity index (χ1) is 9.11. The highest BCUT2D eigenvalue weighted by Crippen LogP contribution is 2.31. The highest BCUT2D eigenvalue weighted by molar-refractivity contribution is 7.98. The molecule has 0 fully saturated rings. The molecule has 0 heterocycles. The van der Waals surface area contributed by atoms with Gasteiger partial charge in [0, 0.05) is 10.6 Å². The Morgan fingerprint density at radius 1 is 1.11 bits per heavy atom. The number of hydrogen-bond acceptors (Lipinski definition) is 2. The Labute approximate surface area is 119 Å². The molecule has 0 N–H and O–H groups in total.